The van der Waals surface area contributed by atoms with Crippen molar-refractivity contribution in [3.63, 3.8) is 0 Å². The molecule has 0 aromatic heterocycles. The summed E-state index contributed by atoms with van der Waals surface area (Å²) in [7, 11) is 0.909. The van der Waals surface area contributed by atoms with Crippen LogP contribution in [0, 0.1) is 5.82 Å². The predicted molar refractivity (Wildman–Crippen MR) is 71.2 cm³/mol. The van der Waals surface area contributed by atoms with E-state index in [9.17, 15) is 17.6 Å². The molecule has 0 aliphatic rings. The fraction of sp³-hybridized carbons (Fsp3) is 0.364. The second-order valence-electron chi connectivity index (χ2n) is 3.54. The van der Waals surface area contributed by atoms with Crippen LogP contribution in [0.3, 0.4) is 0 Å². The van der Waals surface area contributed by atoms with Gasteiger partial charge in [0.25, 0.3) is 9.05 Å². The number of halogens is 3. The molecular formula is C11H11Cl2FO5S. The molecule has 1 aromatic carbocycles. The first-order valence-corrected chi connectivity index (χ1v) is 8.14. The number of ether oxygens (including phenoxy) is 2. The maximum atomic E-state index is 13.5. The number of carbonyl (C=O) groups is 1. The molecule has 0 heterocycles. The average molecular weight is 345 g/mol. The Kier molecular flexibility index (Phi) is 6.19. The van der Waals surface area contributed by atoms with Crippen molar-refractivity contribution in [1.82, 2.24) is 0 Å². The first-order valence-electron chi connectivity index (χ1n) is 5.46. The van der Waals surface area contributed by atoms with Gasteiger partial charge in [0.1, 0.15) is 12.4 Å². The smallest absolute Gasteiger partial charge is 0.339 e. The minimum absolute atomic E-state index is 0.0670. The summed E-state index contributed by atoms with van der Waals surface area (Å²) < 4.78 is 45.5. The van der Waals surface area contributed by atoms with E-state index in [2.05, 4.69) is 0 Å². The molecule has 0 radical (unpaired) electrons. The SMILES string of the molecule is CCOCCOC(=O)c1cc(S(=O)(=O)Cl)cc(F)c1Cl. The van der Waals surface area contributed by atoms with Gasteiger partial charge in [-0.3, -0.25) is 0 Å². The van der Waals surface area contributed by atoms with Crippen molar-refractivity contribution >= 4 is 37.3 Å². The van der Waals surface area contributed by atoms with Crippen molar-refractivity contribution in [3.05, 3.63) is 28.5 Å². The van der Waals surface area contributed by atoms with Gasteiger partial charge in [-0.2, -0.15) is 0 Å². The molecule has 1 aromatic rings. The van der Waals surface area contributed by atoms with Gasteiger partial charge in [-0.05, 0) is 19.1 Å². The van der Waals surface area contributed by atoms with Crippen molar-refractivity contribution in [2.24, 2.45) is 0 Å². The van der Waals surface area contributed by atoms with Crippen LogP contribution in [0.1, 0.15) is 17.3 Å². The van der Waals surface area contributed by atoms with Gasteiger partial charge in [0.2, 0.25) is 0 Å². The van der Waals surface area contributed by atoms with Crippen molar-refractivity contribution in [3.8, 4) is 0 Å². The van der Waals surface area contributed by atoms with E-state index < -0.39 is 36.3 Å². The van der Waals surface area contributed by atoms with Crippen LogP contribution in [0.15, 0.2) is 17.0 Å². The second-order valence-corrected chi connectivity index (χ2v) is 6.48. The Morgan fingerprint density at radius 1 is 1.35 bits per heavy atom. The number of hydrogen-bond donors (Lipinski definition) is 0. The zero-order valence-electron chi connectivity index (χ0n) is 10.4. The standard InChI is InChI=1S/C11H11Cl2FO5S/c1-2-18-3-4-19-11(15)8-5-7(20(13,16)17)6-9(14)10(8)12/h5-6H,2-4H2,1H3. The highest BCUT2D eigenvalue weighted by molar-refractivity contribution is 8.13. The summed E-state index contributed by atoms with van der Waals surface area (Å²) in [5, 5.41) is -0.532. The monoisotopic (exact) mass is 344 g/mol. The van der Waals surface area contributed by atoms with Crippen molar-refractivity contribution in [2.75, 3.05) is 19.8 Å². The largest absolute Gasteiger partial charge is 0.460 e. The quantitative estimate of drug-likeness (QED) is 0.450. The lowest BCUT2D eigenvalue weighted by atomic mass is 10.2. The molecule has 20 heavy (non-hydrogen) atoms. The molecule has 0 bridgehead atoms. The van der Waals surface area contributed by atoms with E-state index in [0.29, 0.717) is 12.7 Å². The molecule has 0 amide bonds. The number of hydrogen-bond acceptors (Lipinski definition) is 5. The molecule has 0 fully saturated rings. The van der Waals surface area contributed by atoms with Gasteiger partial charge >= 0.3 is 5.97 Å². The van der Waals surface area contributed by atoms with Crippen LogP contribution >= 0.6 is 22.3 Å². The molecule has 5 nitrogen and oxygen atoms in total. The van der Waals surface area contributed by atoms with E-state index in [1.807, 2.05) is 0 Å². The van der Waals surface area contributed by atoms with Crippen LogP contribution in [0.2, 0.25) is 5.02 Å². The van der Waals surface area contributed by atoms with Gasteiger partial charge in [-0.25, -0.2) is 17.6 Å². The van der Waals surface area contributed by atoms with E-state index in [1.54, 1.807) is 6.92 Å². The Balaban J connectivity index is 2.99. The molecule has 0 atom stereocenters. The third-order valence-corrected chi connectivity index (χ3v) is 3.89. The maximum absolute atomic E-state index is 13.5. The van der Waals surface area contributed by atoms with Crippen LogP contribution in [0.5, 0.6) is 0 Å². The third kappa shape index (κ3) is 4.59. The first-order chi connectivity index (χ1) is 9.27. The Bertz CT molecular complexity index is 603. The molecule has 0 N–H and O–H groups in total. The summed E-state index contributed by atoms with van der Waals surface area (Å²) in [6.45, 7) is 2.31. The lowest BCUT2D eigenvalue weighted by Gasteiger charge is -2.08. The van der Waals surface area contributed by atoms with Gasteiger partial charge in [0.05, 0.1) is 22.1 Å². The summed E-state index contributed by atoms with van der Waals surface area (Å²) in [5.74, 6) is -2.04. The highest BCUT2D eigenvalue weighted by atomic mass is 35.7. The van der Waals surface area contributed by atoms with E-state index in [1.165, 1.54) is 0 Å². The number of esters is 1. The molecular weight excluding hydrogens is 334 g/mol. The Morgan fingerprint density at radius 3 is 2.55 bits per heavy atom. The molecule has 112 valence electrons. The van der Waals surface area contributed by atoms with E-state index >= 15 is 0 Å². The zero-order chi connectivity index (χ0) is 15.3. The molecule has 0 unspecified atom stereocenters. The fourth-order valence-corrected chi connectivity index (χ4v) is 2.23. The Morgan fingerprint density at radius 2 is 2.00 bits per heavy atom. The van der Waals surface area contributed by atoms with Gasteiger partial charge in [-0.15, -0.1) is 0 Å². The predicted octanol–water partition coefficient (Wildman–Crippen LogP) is 2.60. The molecule has 9 heteroatoms. The van der Waals surface area contributed by atoms with Crippen LogP contribution in [0.4, 0.5) is 4.39 Å². The summed E-state index contributed by atoms with van der Waals surface area (Å²) in [4.78, 5) is 11.1. The number of carbonyl (C=O) groups excluding carboxylic acids is 1. The fourth-order valence-electron chi connectivity index (χ4n) is 1.27. The summed E-state index contributed by atoms with van der Waals surface area (Å²) in [6, 6.07) is 1.48. The maximum Gasteiger partial charge on any atom is 0.339 e. The van der Waals surface area contributed by atoms with Crippen LogP contribution in [0.25, 0.3) is 0 Å². The Hall–Kier alpha value is -0.890. The lowest BCUT2D eigenvalue weighted by molar-refractivity contribution is 0.0335. The Labute approximate surface area is 125 Å². The van der Waals surface area contributed by atoms with Crippen LogP contribution < -0.4 is 0 Å². The zero-order valence-corrected chi connectivity index (χ0v) is 12.7. The number of rotatable bonds is 6. The van der Waals surface area contributed by atoms with Crippen molar-refractivity contribution in [2.45, 2.75) is 11.8 Å². The summed E-state index contributed by atoms with van der Waals surface area (Å²) >= 11 is 5.61. The van der Waals surface area contributed by atoms with Gasteiger partial charge in [0.15, 0.2) is 0 Å². The van der Waals surface area contributed by atoms with Crippen molar-refractivity contribution in [1.29, 1.82) is 0 Å². The minimum Gasteiger partial charge on any atom is -0.460 e. The molecule has 0 saturated heterocycles. The summed E-state index contributed by atoms with van der Waals surface area (Å²) in [5.41, 5.74) is -0.414. The molecule has 0 spiro atoms. The molecule has 0 aliphatic heterocycles. The highest BCUT2D eigenvalue weighted by Gasteiger charge is 2.21. The van der Waals surface area contributed by atoms with Gasteiger partial charge in [0, 0.05) is 17.3 Å². The van der Waals surface area contributed by atoms with Crippen LogP contribution in [-0.2, 0) is 18.5 Å². The summed E-state index contributed by atoms with van der Waals surface area (Å²) in [6.07, 6.45) is 0. The average Bonchev–Trinajstić information content (AvgIpc) is 2.36. The van der Waals surface area contributed by atoms with E-state index in [0.717, 1.165) is 6.07 Å². The normalized spacial score (nSPS) is 11.4. The number of benzene rings is 1. The minimum atomic E-state index is -4.19. The van der Waals surface area contributed by atoms with Crippen molar-refractivity contribution < 1.29 is 27.1 Å². The third-order valence-electron chi connectivity index (χ3n) is 2.17. The first kappa shape index (κ1) is 17.2. The lowest BCUT2D eigenvalue weighted by Crippen LogP contribution is -2.12. The molecule has 0 saturated carbocycles. The second kappa shape index (κ2) is 7.21. The topological polar surface area (TPSA) is 69.7 Å². The van der Waals surface area contributed by atoms with Gasteiger partial charge < -0.3 is 9.47 Å². The van der Waals surface area contributed by atoms with Gasteiger partial charge in [-0.1, -0.05) is 11.6 Å². The van der Waals surface area contributed by atoms with Crippen LogP contribution in [-0.4, -0.2) is 34.2 Å². The molecule has 1 rings (SSSR count). The van der Waals surface area contributed by atoms with E-state index in [4.69, 9.17) is 31.8 Å². The molecule has 0 aliphatic carbocycles. The highest BCUT2D eigenvalue weighted by Crippen LogP contribution is 2.26. The van der Waals surface area contributed by atoms with E-state index in [-0.39, 0.29) is 13.2 Å².